The minimum absolute atomic E-state index is 0.142. The van der Waals surface area contributed by atoms with Crippen LogP contribution < -0.4 is 0 Å². The highest BCUT2D eigenvalue weighted by atomic mass is 79.9. The van der Waals surface area contributed by atoms with Crippen LogP contribution in [0.1, 0.15) is 38.8 Å². The normalized spacial score (nSPS) is 12.4. The Morgan fingerprint density at radius 2 is 2.00 bits per heavy atom. The Morgan fingerprint density at radius 1 is 1.41 bits per heavy atom. The van der Waals surface area contributed by atoms with Crippen molar-refractivity contribution in [2.45, 2.75) is 33.1 Å². The second-order valence-electron chi connectivity index (χ2n) is 5.09. The SMILES string of the molecule is C/C(C#N)=C/c1cc(Br)c(O)c(C(C)(C)C)c1. The molecule has 0 bridgehead atoms. The van der Waals surface area contributed by atoms with E-state index in [-0.39, 0.29) is 11.2 Å². The maximum atomic E-state index is 10.0. The molecule has 0 heterocycles. The standard InChI is InChI=1S/C14H16BrNO/c1-9(8-16)5-10-6-11(14(2,3)4)13(17)12(15)7-10/h5-7,17H,1-4H3/b9-5-. The number of phenols is 1. The number of allylic oxidation sites excluding steroid dienone is 1. The Kier molecular flexibility index (Phi) is 4.00. The van der Waals surface area contributed by atoms with Gasteiger partial charge in [-0.05, 0) is 52.0 Å². The largest absolute Gasteiger partial charge is 0.506 e. The number of halogens is 1. The number of nitrogens with zero attached hydrogens (tertiary/aromatic N) is 1. The molecule has 0 aliphatic heterocycles. The number of hydrogen-bond donors (Lipinski definition) is 1. The smallest absolute Gasteiger partial charge is 0.133 e. The zero-order valence-electron chi connectivity index (χ0n) is 10.5. The molecule has 0 aromatic heterocycles. The third-order valence-electron chi connectivity index (χ3n) is 2.45. The number of rotatable bonds is 1. The maximum absolute atomic E-state index is 10.0. The molecule has 17 heavy (non-hydrogen) atoms. The van der Waals surface area contributed by atoms with E-state index in [1.54, 1.807) is 13.0 Å². The van der Waals surface area contributed by atoms with Crippen LogP contribution in [0.4, 0.5) is 0 Å². The summed E-state index contributed by atoms with van der Waals surface area (Å²) < 4.78 is 0.655. The summed E-state index contributed by atoms with van der Waals surface area (Å²) in [6, 6.07) is 5.82. The summed E-state index contributed by atoms with van der Waals surface area (Å²) in [5.74, 6) is 0.268. The van der Waals surface area contributed by atoms with Crippen LogP contribution in [-0.4, -0.2) is 5.11 Å². The van der Waals surface area contributed by atoms with Gasteiger partial charge in [-0.25, -0.2) is 0 Å². The number of hydrogen-bond acceptors (Lipinski definition) is 2. The van der Waals surface area contributed by atoms with Crippen LogP contribution in [0.25, 0.3) is 6.08 Å². The Labute approximate surface area is 111 Å². The van der Waals surface area contributed by atoms with Gasteiger partial charge in [0.05, 0.1) is 10.5 Å². The molecule has 0 spiro atoms. The van der Waals surface area contributed by atoms with Crippen molar-refractivity contribution in [1.29, 1.82) is 5.26 Å². The van der Waals surface area contributed by atoms with Gasteiger partial charge in [-0.15, -0.1) is 0 Å². The number of aromatic hydroxyl groups is 1. The van der Waals surface area contributed by atoms with Gasteiger partial charge in [0.1, 0.15) is 5.75 Å². The molecule has 2 nitrogen and oxygen atoms in total. The average molecular weight is 294 g/mol. The number of phenolic OH excluding ortho intramolecular Hbond substituents is 1. The Morgan fingerprint density at radius 3 is 2.47 bits per heavy atom. The molecule has 0 saturated carbocycles. The lowest BCUT2D eigenvalue weighted by atomic mass is 9.85. The van der Waals surface area contributed by atoms with E-state index in [9.17, 15) is 5.11 Å². The minimum atomic E-state index is -0.142. The van der Waals surface area contributed by atoms with E-state index in [2.05, 4.69) is 22.0 Å². The molecule has 1 rings (SSSR count). The van der Waals surface area contributed by atoms with Crippen LogP contribution in [0.5, 0.6) is 5.75 Å². The second-order valence-corrected chi connectivity index (χ2v) is 5.94. The number of nitriles is 1. The van der Waals surface area contributed by atoms with Gasteiger partial charge in [0.25, 0.3) is 0 Å². The molecule has 0 fully saturated rings. The summed E-state index contributed by atoms with van der Waals surface area (Å²) in [6.07, 6.45) is 1.80. The van der Waals surface area contributed by atoms with Gasteiger partial charge in [0, 0.05) is 11.1 Å². The topological polar surface area (TPSA) is 44.0 Å². The van der Waals surface area contributed by atoms with E-state index in [0.29, 0.717) is 10.0 Å². The highest BCUT2D eigenvalue weighted by molar-refractivity contribution is 9.10. The second kappa shape index (κ2) is 4.93. The molecule has 90 valence electrons. The van der Waals surface area contributed by atoms with E-state index in [0.717, 1.165) is 11.1 Å². The molecule has 1 aromatic rings. The third kappa shape index (κ3) is 3.34. The van der Waals surface area contributed by atoms with Crippen molar-refractivity contribution in [3.05, 3.63) is 33.3 Å². The summed E-state index contributed by atoms with van der Waals surface area (Å²) >= 11 is 3.34. The lowest BCUT2D eigenvalue weighted by Gasteiger charge is -2.21. The third-order valence-corrected chi connectivity index (χ3v) is 3.06. The van der Waals surface area contributed by atoms with Crippen LogP contribution in [0.2, 0.25) is 0 Å². The first-order chi connectivity index (χ1) is 7.75. The van der Waals surface area contributed by atoms with Crippen molar-refractivity contribution in [3.8, 4) is 11.8 Å². The molecule has 0 unspecified atom stereocenters. The van der Waals surface area contributed by atoms with Crippen molar-refractivity contribution in [3.63, 3.8) is 0 Å². The van der Waals surface area contributed by atoms with E-state index in [1.165, 1.54) is 0 Å². The summed E-state index contributed by atoms with van der Waals surface area (Å²) in [5.41, 5.74) is 2.28. The van der Waals surface area contributed by atoms with Gasteiger partial charge >= 0.3 is 0 Å². The lowest BCUT2D eigenvalue weighted by Crippen LogP contribution is -2.11. The fraction of sp³-hybridized carbons (Fsp3) is 0.357. The lowest BCUT2D eigenvalue weighted by molar-refractivity contribution is 0.443. The monoisotopic (exact) mass is 293 g/mol. The fourth-order valence-corrected chi connectivity index (χ4v) is 2.04. The highest BCUT2D eigenvalue weighted by Crippen LogP contribution is 2.37. The van der Waals surface area contributed by atoms with Crippen molar-refractivity contribution >= 4 is 22.0 Å². The van der Waals surface area contributed by atoms with E-state index < -0.39 is 0 Å². The first kappa shape index (κ1) is 13.8. The molecule has 0 aliphatic carbocycles. The van der Waals surface area contributed by atoms with E-state index >= 15 is 0 Å². The van der Waals surface area contributed by atoms with Crippen molar-refractivity contribution in [2.24, 2.45) is 0 Å². The van der Waals surface area contributed by atoms with Gasteiger partial charge in [-0.2, -0.15) is 5.26 Å². The summed E-state index contributed by atoms with van der Waals surface area (Å²) in [7, 11) is 0. The molecule has 3 heteroatoms. The molecular weight excluding hydrogens is 278 g/mol. The van der Waals surface area contributed by atoms with Gasteiger partial charge in [0.2, 0.25) is 0 Å². The quantitative estimate of drug-likeness (QED) is 0.781. The maximum Gasteiger partial charge on any atom is 0.133 e. The molecule has 1 N–H and O–H groups in total. The highest BCUT2D eigenvalue weighted by Gasteiger charge is 2.20. The zero-order valence-corrected chi connectivity index (χ0v) is 12.1. The fourth-order valence-electron chi connectivity index (χ4n) is 1.56. The Hall–Kier alpha value is -1.27. The van der Waals surface area contributed by atoms with Crippen molar-refractivity contribution in [1.82, 2.24) is 0 Å². The number of benzene rings is 1. The predicted octanol–water partition coefficient (Wildman–Crippen LogP) is 4.38. The molecule has 0 radical (unpaired) electrons. The molecule has 0 aliphatic rings. The minimum Gasteiger partial charge on any atom is -0.506 e. The predicted molar refractivity (Wildman–Crippen MR) is 73.8 cm³/mol. The van der Waals surface area contributed by atoms with E-state index in [4.69, 9.17) is 5.26 Å². The van der Waals surface area contributed by atoms with Crippen molar-refractivity contribution < 1.29 is 5.11 Å². The first-order valence-corrected chi connectivity index (χ1v) is 6.16. The Bertz CT molecular complexity index is 504. The van der Waals surface area contributed by atoms with Gasteiger partial charge in [-0.1, -0.05) is 20.8 Å². The molecule has 0 amide bonds. The van der Waals surface area contributed by atoms with Crippen LogP contribution in [0, 0.1) is 11.3 Å². The molecule has 1 aromatic carbocycles. The molecular formula is C14H16BrNO. The van der Waals surface area contributed by atoms with Gasteiger partial charge in [0.15, 0.2) is 0 Å². The van der Waals surface area contributed by atoms with Crippen LogP contribution in [-0.2, 0) is 5.41 Å². The Balaban J connectivity index is 3.41. The van der Waals surface area contributed by atoms with Crippen LogP contribution in [0.3, 0.4) is 0 Å². The summed E-state index contributed by atoms with van der Waals surface area (Å²) in [6.45, 7) is 7.88. The zero-order chi connectivity index (χ0) is 13.2. The summed E-state index contributed by atoms with van der Waals surface area (Å²) in [5, 5.41) is 18.8. The van der Waals surface area contributed by atoms with Crippen molar-refractivity contribution in [2.75, 3.05) is 0 Å². The molecule has 0 atom stereocenters. The average Bonchev–Trinajstić information content (AvgIpc) is 2.21. The summed E-state index contributed by atoms with van der Waals surface area (Å²) in [4.78, 5) is 0. The van der Waals surface area contributed by atoms with Crippen LogP contribution in [0.15, 0.2) is 22.2 Å². The van der Waals surface area contributed by atoms with Gasteiger partial charge in [-0.3, -0.25) is 0 Å². The van der Waals surface area contributed by atoms with Crippen LogP contribution >= 0.6 is 15.9 Å². The van der Waals surface area contributed by atoms with Gasteiger partial charge < -0.3 is 5.11 Å². The first-order valence-electron chi connectivity index (χ1n) is 5.37. The van der Waals surface area contributed by atoms with E-state index in [1.807, 2.05) is 32.9 Å². The molecule has 0 saturated heterocycles.